The van der Waals surface area contributed by atoms with Crippen molar-refractivity contribution in [1.82, 2.24) is 4.98 Å². The van der Waals surface area contributed by atoms with Crippen molar-refractivity contribution in [3.63, 3.8) is 0 Å². The number of rotatable bonds is 7. The molecule has 4 rings (SSSR count). The van der Waals surface area contributed by atoms with E-state index in [1.54, 1.807) is 24.3 Å². The molecule has 0 aromatic carbocycles. The van der Waals surface area contributed by atoms with Gasteiger partial charge in [-0.2, -0.15) is 4.98 Å². The summed E-state index contributed by atoms with van der Waals surface area (Å²) in [6.45, 7) is 16.1. The number of methoxy groups -OCH3 is 2. The Labute approximate surface area is 213 Å². The quantitative estimate of drug-likeness (QED) is 0.452. The van der Waals surface area contributed by atoms with Crippen molar-refractivity contribution < 1.29 is 23.4 Å². The van der Waals surface area contributed by atoms with Crippen molar-refractivity contribution in [3.8, 4) is 17.7 Å². The Morgan fingerprint density at radius 3 is 2.47 bits per heavy atom. The van der Waals surface area contributed by atoms with E-state index in [2.05, 4.69) is 64.8 Å². The Bertz CT molecular complexity index is 1220. The Hall–Kier alpha value is -3.22. The summed E-state index contributed by atoms with van der Waals surface area (Å²) in [4.78, 5) is 17.0. The second-order valence-corrected chi connectivity index (χ2v) is 11.4. The second kappa shape index (κ2) is 9.34. The number of carbonyl (C=O) groups is 1. The number of ether oxygens (including phenoxy) is 3. The van der Waals surface area contributed by atoms with Gasteiger partial charge in [0, 0.05) is 17.5 Å². The standard InChI is InChI=1S/C29H38N2O5/c1-16(2)25-17(3)29(6,7)19-15-28(4,5)22(14-18(19)25)36-24-13-11-21(35-24)26(32)30-20-10-12-23(33-8)31-27(20)34-9/h10-14,16-17,25H,15H2,1-9H3,(H,30,32). The summed E-state index contributed by atoms with van der Waals surface area (Å²) in [5, 5.41) is 2.77. The number of hydrogen-bond acceptors (Lipinski definition) is 6. The number of pyridine rings is 1. The molecule has 1 amide bonds. The van der Waals surface area contributed by atoms with Crippen molar-refractivity contribution in [2.24, 2.45) is 28.6 Å². The number of amides is 1. The van der Waals surface area contributed by atoms with Crippen LogP contribution in [0.2, 0.25) is 0 Å². The first-order valence-corrected chi connectivity index (χ1v) is 12.5. The normalized spacial score (nSPS) is 22.2. The highest BCUT2D eigenvalue weighted by Crippen LogP contribution is 2.59. The predicted molar refractivity (Wildman–Crippen MR) is 139 cm³/mol. The molecule has 0 radical (unpaired) electrons. The summed E-state index contributed by atoms with van der Waals surface area (Å²) < 4.78 is 22.5. The number of allylic oxidation sites excluding steroid dienone is 4. The van der Waals surface area contributed by atoms with E-state index >= 15 is 0 Å². The molecule has 0 bridgehead atoms. The molecule has 0 saturated heterocycles. The van der Waals surface area contributed by atoms with Gasteiger partial charge in [0.25, 0.3) is 11.9 Å². The van der Waals surface area contributed by atoms with E-state index in [4.69, 9.17) is 18.6 Å². The third-order valence-corrected chi connectivity index (χ3v) is 7.95. The molecule has 2 aromatic heterocycles. The number of carbonyl (C=O) groups excluding carboxylic acids is 1. The molecule has 0 fully saturated rings. The van der Waals surface area contributed by atoms with Crippen LogP contribution in [-0.4, -0.2) is 25.1 Å². The van der Waals surface area contributed by atoms with Crippen molar-refractivity contribution in [1.29, 1.82) is 0 Å². The molecule has 2 unspecified atom stereocenters. The first-order chi connectivity index (χ1) is 16.9. The molecule has 2 atom stereocenters. The van der Waals surface area contributed by atoms with Crippen LogP contribution in [0, 0.1) is 28.6 Å². The molecule has 7 nitrogen and oxygen atoms in total. The molecule has 2 aliphatic rings. The molecule has 2 heterocycles. The number of furan rings is 1. The SMILES string of the molecule is COc1ccc(NC(=O)c2ccc(OC3=CC4=C(CC3(C)C)C(C)(C)C(C)C4C(C)C)o2)c(OC)n1. The lowest BCUT2D eigenvalue weighted by atomic mass is 9.69. The lowest BCUT2D eigenvalue weighted by molar-refractivity contribution is 0.0988. The zero-order valence-corrected chi connectivity index (χ0v) is 22.8. The molecule has 194 valence electrons. The number of aromatic nitrogens is 1. The summed E-state index contributed by atoms with van der Waals surface area (Å²) in [5.74, 6) is 3.06. The van der Waals surface area contributed by atoms with Crippen LogP contribution in [0.25, 0.3) is 0 Å². The first kappa shape index (κ1) is 25.9. The van der Waals surface area contributed by atoms with Gasteiger partial charge in [-0.05, 0) is 53.4 Å². The van der Waals surface area contributed by atoms with Gasteiger partial charge in [-0.15, -0.1) is 0 Å². The van der Waals surface area contributed by atoms with Crippen LogP contribution in [0.4, 0.5) is 5.69 Å². The molecule has 2 aromatic rings. The second-order valence-electron chi connectivity index (χ2n) is 11.4. The van der Waals surface area contributed by atoms with Gasteiger partial charge in [-0.1, -0.05) is 54.0 Å². The van der Waals surface area contributed by atoms with E-state index in [-0.39, 0.29) is 28.4 Å². The Morgan fingerprint density at radius 1 is 1.11 bits per heavy atom. The zero-order chi connectivity index (χ0) is 26.4. The van der Waals surface area contributed by atoms with E-state index in [9.17, 15) is 4.79 Å². The lowest BCUT2D eigenvalue weighted by Crippen LogP contribution is -2.28. The maximum Gasteiger partial charge on any atom is 0.291 e. The molecular formula is C29H38N2O5. The third kappa shape index (κ3) is 4.51. The van der Waals surface area contributed by atoms with Crippen LogP contribution in [0.3, 0.4) is 0 Å². The summed E-state index contributed by atoms with van der Waals surface area (Å²) in [6.07, 6.45) is 3.16. The molecule has 2 aliphatic carbocycles. The Balaban J connectivity index is 1.56. The van der Waals surface area contributed by atoms with Gasteiger partial charge in [0.2, 0.25) is 11.8 Å². The van der Waals surface area contributed by atoms with Crippen LogP contribution in [0.15, 0.2) is 51.7 Å². The van der Waals surface area contributed by atoms with Crippen molar-refractivity contribution in [2.75, 3.05) is 19.5 Å². The van der Waals surface area contributed by atoms with E-state index in [1.807, 2.05) is 0 Å². The fourth-order valence-electron chi connectivity index (χ4n) is 5.63. The van der Waals surface area contributed by atoms with Crippen molar-refractivity contribution in [2.45, 2.75) is 54.9 Å². The molecule has 36 heavy (non-hydrogen) atoms. The summed E-state index contributed by atoms with van der Waals surface area (Å²) >= 11 is 0. The van der Waals surface area contributed by atoms with E-state index < -0.39 is 5.91 Å². The average molecular weight is 495 g/mol. The van der Waals surface area contributed by atoms with Crippen LogP contribution >= 0.6 is 0 Å². The van der Waals surface area contributed by atoms with E-state index in [0.29, 0.717) is 29.3 Å². The minimum absolute atomic E-state index is 0.132. The maximum atomic E-state index is 12.8. The van der Waals surface area contributed by atoms with Gasteiger partial charge in [0.05, 0.1) is 14.2 Å². The van der Waals surface area contributed by atoms with Crippen LogP contribution in [-0.2, 0) is 0 Å². The number of hydrogen-bond donors (Lipinski definition) is 1. The molecule has 0 spiro atoms. The highest BCUT2D eigenvalue weighted by Gasteiger charge is 2.49. The van der Waals surface area contributed by atoms with Gasteiger partial charge in [-0.3, -0.25) is 4.79 Å². The van der Waals surface area contributed by atoms with Crippen LogP contribution in [0.1, 0.15) is 65.4 Å². The molecule has 0 saturated carbocycles. The third-order valence-electron chi connectivity index (χ3n) is 7.95. The fraction of sp³-hybridized carbons (Fsp3) is 0.517. The Kier molecular flexibility index (Phi) is 6.71. The average Bonchev–Trinajstić information content (AvgIpc) is 3.36. The van der Waals surface area contributed by atoms with Crippen molar-refractivity contribution in [3.05, 3.63) is 53.0 Å². The summed E-state index contributed by atoms with van der Waals surface area (Å²) in [7, 11) is 2.99. The smallest absolute Gasteiger partial charge is 0.291 e. The van der Waals surface area contributed by atoms with Gasteiger partial charge >= 0.3 is 0 Å². The summed E-state index contributed by atoms with van der Waals surface area (Å²) in [5.41, 5.74) is 3.30. The monoisotopic (exact) mass is 494 g/mol. The highest BCUT2D eigenvalue weighted by atomic mass is 16.6. The first-order valence-electron chi connectivity index (χ1n) is 12.5. The van der Waals surface area contributed by atoms with Crippen LogP contribution < -0.4 is 19.5 Å². The molecular weight excluding hydrogens is 456 g/mol. The zero-order valence-electron chi connectivity index (χ0n) is 22.8. The van der Waals surface area contributed by atoms with Gasteiger partial charge < -0.3 is 23.9 Å². The van der Waals surface area contributed by atoms with E-state index in [1.165, 1.54) is 25.4 Å². The Morgan fingerprint density at radius 2 is 1.83 bits per heavy atom. The lowest BCUT2D eigenvalue weighted by Gasteiger charge is -2.36. The molecule has 0 aliphatic heterocycles. The molecule has 1 N–H and O–H groups in total. The number of nitrogens with zero attached hydrogens (tertiary/aromatic N) is 1. The highest BCUT2D eigenvalue weighted by molar-refractivity contribution is 6.03. The minimum atomic E-state index is -0.428. The topological polar surface area (TPSA) is 82.8 Å². The fourth-order valence-corrected chi connectivity index (χ4v) is 5.63. The number of anilines is 1. The number of nitrogens with one attached hydrogen (secondary N) is 1. The van der Waals surface area contributed by atoms with Gasteiger partial charge in [0.15, 0.2) is 5.76 Å². The van der Waals surface area contributed by atoms with Crippen LogP contribution in [0.5, 0.6) is 17.7 Å². The largest absolute Gasteiger partial charge is 0.481 e. The van der Waals surface area contributed by atoms with E-state index in [0.717, 1.165) is 12.2 Å². The predicted octanol–water partition coefficient (Wildman–Crippen LogP) is 6.88. The molecule has 7 heteroatoms. The summed E-state index contributed by atoms with van der Waals surface area (Å²) in [6, 6.07) is 6.59. The van der Waals surface area contributed by atoms with Crippen molar-refractivity contribution >= 4 is 11.6 Å². The minimum Gasteiger partial charge on any atom is -0.481 e. The maximum absolute atomic E-state index is 12.8. The van der Waals surface area contributed by atoms with Gasteiger partial charge in [-0.25, -0.2) is 0 Å². The van der Waals surface area contributed by atoms with Gasteiger partial charge in [0.1, 0.15) is 11.4 Å².